The van der Waals surface area contributed by atoms with Crippen LogP contribution in [0.3, 0.4) is 0 Å². The molecule has 2 heterocycles. The summed E-state index contributed by atoms with van der Waals surface area (Å²) >= 11 is 0. The summed E-state index contributed by atoms with van der Waals surface area (Å²) in [4.78, 5) is 13.8. The Kier molecular flexibility index (Phi) is 5.56. The van der Waals surface area contributed by atoms with Crippen LogP contribution in [0.2, 0.25) is 0 Å². The zero-order chi connectivity index (χ0) is 19.2. The normalized spacial score (nSPS) is 14.0. The molecule has 1 N–H and O–H groups in total. The molecule has 144 valence electrons. The van der Waals surface area contributed by atoms with Crippen molar-refractivity contribution in [3.05, 3.63) is 72.4 Å². The summed E-state index contributed by atoms with van der Waals surface area (Å²) in [5, 5.41) is 3.31. The van der Waals surface area contributed by atoms with Crippen LogP contribution in [-0.4, -0.2) is 43.3 Å². The number of ether oxygens (including phenoxy) is 1. The second-order valence-corrected chi connectivity index (χ2v) is 6.75. The van der Waals surface area contributed by atoms with Crippen molar-refractivity contribution in [1.82, 2.24) is 9.97 Å². The van der Waals surface area contributed by atoms with Gasteiger partial charge in [0.25, 0.3) is 0 Å². The summed E-state index contributed by atoms with van der Waals surface area (Å²) in [5.74, 6) is 2.53. The minimum atomic E-state index is 0.666. The average Bonchev–Trinajstić information content (AvgIpc) is 2.79. The first kappa shape index (κ1) is 18.1. The van der Waals surface area contributed by atoms with Crippen LogP contribution in [0.15, 0.2) is 66.9 Å². The van der Waals surface area contributed by atoms with Crippen LogP contribution in [0, 0.1) is 0 Å². The lowest BCUT2D eigenvalue weighted by Crippen LogP contribution is -2.46. The quantitative estimate of drug-likeness (QED) is 0.712. The molecule has 1 fully saturated rings. The van der Waals surface area contributed by atoms with E-state index in [4.69, 9.17) is 9.72 Å². The van der Waals surface area contributed by atoms with E-state index in [1.807, 2.05) is 42.6 Å². The van der Waals surface area contributed by atoms with Gasteiger partial charge in [0.15, 0.2) is 0 Å². The van der Waals surface area contributed by atoms with Gasteiger partial charge in [0.2, 0.25) is 5.95 Å². The minimum absolute atomic E-state index is 0.666. The largest absolute Gasteiger partial charge is 0.497 e. The Hall–Kier alpha value is -3.28. The van der Waals surface area contributed by atoms with Crippen LogP contribution in [0.25, 0.3) is 0 Å². The Morgan fingerprint density at radius 2 is 1.61 bits per heavy atom. The van der Waals surface area contributed by atoms with Crippen molar-refractivity contribution in [2.24, 2.45) is 0 Å². The first-order valence-electron chi connectivity index (χ1n) is 9.56. The molecule has 1 saturated heterocycles. The lowest BCUT2D eigenvalue weighted by atomic mass is 10.2. The summed E-state index contributed by atoms with van der Waals surface area (Å²) in [6.45, 7) is 4.50. The van der Waals surface area contributed by atoms with Crippen LogP contribution in [-0.2, 0) is 6.54 Å². The summed E-state index contributed by atoms with van der Waals surface area (Å²) in [6.07, 6.45) is 1.82. The monoisotopic (exact) mass is 375 g/mol. The molecule has 2 aromatic carbocycles. The molecule has 6 heteroatoms. The fraction of sp³-hybridized carbons (Fsp3) is 0.273. The van der Waals surface area contributed by atoms with E-state index < -0.39 is 0 Å². The van der Waals surface area contributed by atoms with Gasteiger partial charge in [-0.2, -0.15) is 4.98 Å². The predicted octanol–water partition coefficient (Wildman–Crippen LogP) is 3.42. The molecule has 0 saturated carbocycles. The summed E-state index contributed by atoms with van der Waals surface area (Å²) in [6, 6.07) is 20.5. The fourth-order valence-corrected chi connectivity index (χ4v) is 3.37. The van der Waals surface area contributed by atoms with Crippen LogP contribution in [0.4, 0.5) is 17.5 Å². The standard InChI is InChI=1S/C22H25N5O/c1-28-20-9-7-19(8-10-20)26-13-15-27(16-14-26)21-11-12-23-22(25-21)24-17-18-5-3-2-4-6-18/h2-12H,13-17H2,1H3,(H,23,24,25). The highest BCUT2D eigenvalue weighted by Crippen LogP contribution is 2.22. The van der Waals surface area contributed by atoms with E-state index in [-0.39, 0.29) is 0 Å². The number of methoxy groups -OCH3 is 1. The Morgan fingerprint density at radius 1 is 0.893 bits per heavy atom. The van der Waals surface area contributed by atoms with Gasteiger partial charge in [0, 0.05) is 44.6 Å². The number of hydrogen-bond acceptors (Lipinski definition) is 6. The van der Waals surface area contributed by atoms with E-state index in [1.165, 1.54) is 11.3 Å². The van der Waals surface area contributed by atoms with Crippen molar-refractivity contribution in [3.63, 3.8) is 0 Å². The van der Waals surface area contributed by atoms with Crippen molar-refractivity contribution in [1.29, 1.82) is 0 Å². The number of hydrogen-bond donors (Lipinski definition) is 1. The lowest BCUT2D eigenvalue weighted by molar-refractivity contribution is 0.415. The lowest BCUT2D eigenvalue weighted by Gasteiger charge is -2.36. The first-order valence-corrected chi connectivity index (χ1v) is 9.56. The Morgan fingerprint density at radius 3 is 2.32 bits per heavy atom. The molecule has 4 rings (SSSR count). The molecule has 1 aliphatic heterocycles. The highest BCUT2D eigenvalue weighted by Gasteiger charge is 2.18. The highest BCUT2D eigenvalue weighted by atomic mass is 16.5. The number of benzene rings is 2. The molecule has 0 spiro atoms. The number of piperazine rings is 1. The molecular weight excluding hydrogens is 350 g/mol. The summed E-state index contributed by atoms with van der Waals surface area (Å²) < 4.78 is 5.24. The van der Waals surface area contributed by atoms with Crippen molar-refractivity contribution in [3.8, 4) is 5.75 Å². The molecular formula is C22H25N5O. The van der Waals surface area contributed by atoms with Gasteiger partial charge in [-0.15, -0.1) is 0 Å². The molecule has 3 aromatic rings. The van der Waals surface area contributed by atoms with Crippen LogP contribution in [0.1, 0.15) is 5.56 Å². The van der Waals surface area contributed by atoms with E-state index >= 15 is 0 Å². The summed E-state index contributed by atoms with van der Waals surface area (Å²) in [5.41, 5.74) is 2.44. The fourth-order valence-electron chi connectivity index (χ4n) is 3.37. The minimum Gasteiger partial charge on any atom is -0.497 e. The maximum absolute atomic E-state index is 5.24. The molecule has 0 radical (unpaired) electrons. The second kappa shape index (κ2) is 8.61. The Labute approximate surface area is 165 Å². The smallest absolute Gasteiger partial charge is 0.224 e. The number of anilines is 3. The maximum Gasteiger partial charge on any atom is 0.224 e. The van der Waals surface area contributed by atoms with Crippen molar-refractivity contribution >= 4 is 17.5 Å². The first-order chi connectivity index (χ1) is 13.8. The number of rotatable bonds is 6. The zero-order valence-corrected chi connectivity index (χ0v) is 16.1. The highest BCUT2D eigenvalue weighted by molar-refractivity contribution is 5.52. The van der Waals surface area contributed by atoms with Gasteiger partial charge in [-0.05, 0) is 35.9 Å². The maximum atomic E-state index is 5.24. The van der Waals surface area contributed by atoms with Gasteiger partial charge < -0.3 is 19.9 Å². The van der Waals surface area contributed by atoms with E-state index in [0.717, 1.165) is 44.3 Å². The molecule has 1 aliphatic rings. The zero-order valence-electron chi connectivity index (χ0n) is 16.1. The van der Waals surface area contributed by atoms with Crippen molar-refractivity contribution in [2.45, 2.75) is 6.54 Å². The van der Waals surface area contributed by atoms with Crippen molar-refractivity contribution in [2.75, 3.05) is 48.4 Å². The van der Waals surface area contributed by atoms with Gasteiger partial charge in [-0.25, -0.2) is 4.98 Å². The van der Waals surface area contributed by atoms with Gasteiger partial charge in [0.1, 0.15) is 11.6 Å². The molecule has 0 aliphatic carbocycles. The summed E-state index contributed by atoms with van der Waals surface area (Å²) in [7, 11) is 1.69. The SMILES string of the molecule is COc1ccc(N2CCN(c3ccnc(NCc4ccccc4)n3)CC2)cc1. The van der Waals surface area contributed by atoms with E-state index in [2.05, 4.69) is 44.4 Å². The van der Waals surface area contributed by atoms with E-state index in [0.29, 0.717) is 5.95 Å². The topological polar surface area (TPSA) is 53.5 Å². The predicted molar refractivity (Wildman–Crippen MR) is 113 cm³/mol. The van der Waals surface area contributed by atoms with E-state index in [9.17, 15) is 0 Å². The Bertz CT molecular complexity index is 877. The van der Waals surface area contributed by atoms with Crippen LogP contribution < -0.4 is 19.9 Å². The van der Waals surface area contributed by atoms with Crippen LogP contribution in [0.5, 0.6) is 5.75 Å². The van der Waals surface area contributed by atoms with Gasteiger partial charge >= 0.3 is 0 Å². The molecule has 0 bridgehead atoms. The second-order valence-electron chi connectivity index (χ2n) is 6.75. The van der Waals surface area contributed by atoms with Crippen molar-refractivity contribution < 1.29 is 4.74 Å². The Balaban J connectivity index is 1.35. The third-order valence-corrected chi connectivity index (χ3v) is 4.98. The van der Waals surface area contributed by atoms with Crippen LogP contribution >= 0.6 is 0 Å². The molecule has 0 unspecified atom stereocenters. The average molecular weight is 375 g/mol. The third kappa shape index (κ3) is 4.34. The molecule has 0 atom stereocenters. The number of nitrogens with one attached hydrogen (secondary N) is 1. The van der Waals surface area contributed by atoms with Gasteiger partial charge in [0.05, 0.1) is 7.11 Å². The molecule has 0 amide bonds. The van der Waals surface area contributed by atoms with Gasteiger partial charge in [-0.3, -0.25) is 0 Å². The molecule has 28 heavy (non-hydrogen) atoms. The molecule has 6 nitrogen and oxygen atoms in total. The van der Waals surface area contributed by atoms with E-state index in [1.54, 1.807) is 7.11 Å². The molecule has 1 aromatic heterocycles. The number of aromatic nitrogens is 2. The number of nitrogens with zero attached hydrogens (tertiary/aromatic N) is 4. The third-order valence-electron chi connectivity index (χ3n) is 4.98. The van der Waals surface area contributed by atoms with Gasteiger partial charge in [-0.1, -0.05) is 30.3 Å².